The van der Waals surface area contributed by atoms with Crippen LogP contribution >= 0.6 is 11.8 Å². The van der Waals surface area contributed by atoms with Gasteiger partial charge in [-0.25, -0.2) is 4.98 Å². The van der Waals surface area contributed by atoms with E-state index in [0.717, 1.165) is 40.4 Å². The number of ether oxygens (including phenoxy) is 1. The Labute approximate surface area is 175 Å². The monoisotopic (exact) mass is 407 g/mol. The summed E-state index contributed by atoms with van der Waals surface area (Å²) in [5, 5.41) is 9.60. The lowest BCUT2D eigenvalue weighted by Gasteiger charge is -2.10. The molecule has 0 atom stereocenters. The summed E-state index contributed by atoms with van der Waals surface area (Å²) in [6.45, 7) is 7.66. The second-order valence-corrected chi connectivity index (χ2v) is 8.08. The zero-order chi connectivity index (χ0) is 20.2. The molecule has 4 rings (SSSR count). The predicted octanol–water partition coefficient (Wildman–Crippen LogP) is 4.94. The van der Waals surface area contributed by atoms with Crippen LogP contribution in [0.2, 0.25) is 0 Å². The van der Waals surface area contributed by atoms with Crippen LogP contribution < -0.4 is 4.74 Å². The van der Waals surface area contributed by atoms with Crippen molar-refractivity contribution in [2.45, 2.75) is 50.8 Å². The van der Waals surface area contributed by atoms with Crippen LogP contribution in [0.15, 0.2) is 60.0 Å². The third-order valence-electron chi connectivity index (χ3n) is 4.79. The Morgan fingerprint density at radius 3 is 2.62 bits per heavy atom. The Morgan fingerprint density at radius 2 is 1.90 bits per heavy atom. The summed E-state index contributed by atoms with van der Waals surface area (Å²) in [6, 6.07) is 14.3. The van der Waals surface area contributed by atoms with Crippen molar-refractivity contribution < 1.29 is 4.74 Å². The number of hydrogen-bond donors (Lipinski definition) is 0. The van der Waals surface area contributed by atoms with Gasteiger partial charge in [-0.15, -0.1) is 10.2 Å². The molecule has 0 unspecified atom stereocenters. The third-order valence-corrected chi connectivity index (χ3v) is 5.79. The number of hydrogen-bond acceptors (Lipinski definition) is 5. The van der Waals surface area contributed by atoms with E-state index in [2.05, 4.69) is 58.8 Å². The molecule has 0 amide bonds. The van der Waals surface area contributed by atoms with E-state index in [9.17, 15) is 0 Å². The molecule has 3 heterocycles. The Morgan fingerprint density at radius 1 is 1.07 bits per heavy atom. The number of pyridine rings is 1. The molecule has 1 aromatic carbocycles. The van der Waals surface area contributed by atoms with Crippen molar-refractivity contribution in [3.63, 3.8) is 0 Å². The van der Waals surface area contributed by atoms with Crippen LogP contribution in [0.5, 0.6) is 5.75 Å². The maximum Gasteiger partial charge on any atom is 0.191 e. The minimum Gasteiger partial charge on any atom is -0.486 e. The van der Waals surface area contributed by atoms with Crippen LogP contribution in [0.3, 0.4) is 0 Å². The smallest absolute Gasteiger partial charge is 0.191 e. The molecule has 0 radical (unpaired) electrons. The normalized spacial score (nSPS) is 11.4. The molecular weight excluding hydrogens is 382 g/mol. The zero-order valence-corrected chi connectivity index (χ0v) is 17.8. The molecule has 0 aliphatic carbocycles. The quantitative estimate of drug-likeness (QED) is 0.387. The van der Waals surface area contributed by atoms with Crippen molar-refractivity contribution in [2.24, 2.45) is 0 Å². The first-order valence-corrected chi connectivity index (χ1v) is 10.8. The van der Waals surface area contributed by atoms with Gasteiger partial charge in [-0.05, 0) is 42.7 Å². The molecule has 0 N–H and O–H groups in total. The number of imidazole rings is 1. The Kier molecular flexibility index (Phi) is 5.85. The minimum absolute atomic E-state index is 0.400. The molecule has 29 heavy (non-hydrogen) atoms. The van der Waals surface area contributed by atoms with Crippen LogP contribution in [0.4, 0.5) is 0 Å². The van der Waals surface area contributed by atoms with Gasteiger partial charge in [0.25, 0.3) is 0 Å². The standard InChI is InChI=1S/C22H25N5OS/c1-4-27-21(14-28-19-10-8-17(9-11-19)16(2)3)24-25-22(27)29-15-18-13-26-12-6-5-7-20(26)23-18/h5-13,16H,4,14-15H2,1-3H3. The number of benzene rings is 1. The van der Waals surface area contributed by atoms with Crippen molar-refractivity contribution in [1.82, 2.24) is 24.1 Å². The lowest BCUT2D eigenvalue weighted by atomic mass is 10.0. The van der Waals surface area contributed by atoms with Gasteiger partial charge >= 0.3 is 0 Å². The average Bonchev–Trinajstić information content (AvgIpc) is 3.33. The van der Waals surface area contributed by atoms with Crippen molar-refractivity contribution >= 4 is 17.4 Å². The summed E-state index contributed by atoms with van der Waals surface area (Å²) in [4.78, 5) is 4.65. The first-order valence-electron chi connectivity index (χ1n) is 9.84. The van der Waals surface area contributed by atoms with E-state index in [-0.39, 0.29) is 0 Å². The van der Waals surface area contributed by atoms with E-state index in [1.54, 1.807) is 11.8 Å². The van der Waals surface area contributed by atoms with Gasteiger partial charge in [0.2, 0.25) is 0 Å². The van der Waals surface area contributed by atoms with Crippen LogP contribution in [0.25, 0.3) is 5.65 Å². The fourth-order valence-electron chi connectivity index (χ4n) is 3.14. The van der Waals surface area contributed by atoms with Gasteiger partial charge in [-0.1, -0.05) is 43.8 Å². The van der Waals surface area contributed by atoms with Gasteiger partial charge in [0.1, 0.15) is 18.0 Å². The van der Waals surface area contributed by atoms with Crippen LogP contribution in [-0.2, 0) is 18.9 Å². The minimum atomic E-state index is 0.400. The molecule has 0 saturated heterocycles. The summed E-state index contributed by atoms with van der Waals surface area (Å²) in [6.07, 6.45) is 4.06. The van der Waals surface area contributed by atoms with Gasteiger partial charge in [0, 0.05) is 24.7 Å². The van der Waals surface area contributed by atoms with E-state index in [0.29, 0.717) is 12.5 Å². The number of rotatable bonds is 8. The van der Waals surface area contributed by atoms with E-state index in [4.69, 9.17) is 4.74 Å². The molecule has 6 nitrogen and oxygen atoms in total. The summed E-state index contributed by atoms with van der Waals surface area (Å²) >= 11 is 1.65. The van der Waals surface area contributed by atoms with Crippen molar-refractivity contribution in [3.8, 4) is 5.75 Å². The number of thioether (sulfide) groups is 1. The van der Waals surface area contributed by atoms with Gasteiger partial charge in [-0.3, -0.25) is 0 Å². The molecule has 7 heteroatoms. The summed E-state index contributed by atoms with van der Waals surface area (Å²) < 4.78 is 10.1. The second kappa shape index (κ2) is 8.69. The Hall–Kier alpha value is -2.80. The summed E-state index contributed by atoms with van der Waals surface area (Å²) in [5.41, 5.74) is 3.28. The molecule has 4 aromatic rings. The van der Waals surface area contributed by atoms with Crippen LogP contribution in [0, 0.1) is 0 Å². The van der Waals surface area contributed by atoms with E-state index < -0.39 is 0 Å². The van der Waals surface area contributed by atoms with Crippen LogP contribution in [0.1, 0.15) is 43.8 Å². The average molecular weight is 408 g/mol. The first-order chi connectivity index (χ1) is 14.1. The molecule has 0 aliphatic rings. The highest BCUT2D eigenvalue weighted by molar-refractivity contribution is 7.98. The summed E-state index contributed by atoms with van der Waals surface area (Å²) in [5.74, 6) is 2.94. The topological polar surface area (TPSA) is 57.2 Å². The SMILES string of the molecule is CCn1c(COc2ccc(C(C)C)cc2)nnc1SCc1cn2ccccc2n1. The molecule has 0 saturated carbocycles. The molecule has 0 fully saturated rings. The van der Waals surface area contributed by atoms with Gasteiger partial charge in [0.15, 0.2) is 11.0 Å². The Bertz CT molecular complexity index is 1050. The largest absolute Gasteiger partial charge is 0.486 e. The lowest BCUT2D eigenvalue weighted by molar-refractivity contribution is 0.288. The molecular formula is C22H25N5OS. The predicted molar refractivity (Wildman–Crippen MR) is 115 cm³/mol. The van der Waals surface area contributed by atoms with Gasteiger partial charge < -0.3 is 13.7 Å². The highest BCUT2D eigenvalue weighted by Gasteiger charge is 2.13. The molecule has 0 bridgehead atoms. The first kappa shape index (κ1) is 19.5. The third kappa shape index (κ3) is 4.45. The number of fused-ring (bicyclic) bond motifs is 1. The lowest BCUT2D eigenvalue weighted by Crippen LogP contribution is -2.07. The highest BCUT2D eigenvalue weighted by Crippen LogP contribution is 2.23. The molecule has 150 valence electrons. The Balaban J connectivity index is 1.40. The molecule has 0 aliphatic heterocycles. The zero-order valence-electron chi connectivity index (χ0n) is 16.9. The maximum atomic E-state index is 5.94. The van der Waals surface area contributed by atoms with E-state index in [1.807, 2.05) is 40.9 Å². The van der Waals surface area contributed by atoms with Crippen molar-refractivity contribution in [2.75, 3.05) is 0 Å². The van der Waals surface area contributed by atoms with Gasteiger partial charge in [0.05, 0.1) is 5.69 Å². The van der Waals surface area contributed by atoms with E-state index in [1.165, 1.54) is 5.56 Å². The number of nitrogens with zero attached hydrogens (tertiary/aromatic N) is 5. The molecule has 3 aromatic heterocycles. The molecule has 0 spiro atoms. The fourth-order valence-corrected chi connectivity index (χ4v) is 4.05. The second-order valence-electron chi connectivity index (χ2n) is 7.14. The summed E-state index contributed by atoms with van der Waals surface area (Å²) in [7, 11) is 0. The van der Waals surface area contributed by atoms with E-state index >= 15 is 0 Å². The van der Waals surface area contributed by atoms with Gasteiger partial charge in [-0.2, -0.15) is 0 Å². The maximum absolute atomic E-state index is 5.94. The number of aromatic nitrogens is 5. The highest BCUT2D eigenvalue weighted by atomic mass is 32.2. The van der Waals surface area contributed by atoms with Crippen molar-refractivity contribution in [3.05, 3.63) is 71.9 Å². The van der Waals surface area contributed by atoms with Crippen LogP contribution in [-0.4, -0.2) is 24.1 Å². The van der Waals surface area contributed by atoms with Crippen molar-refractivity contribution in [1.29, 1.82) is 0 Å². The fraction of sp³-hybridized carbons (Fsp3) is 0.318.